The van der Waals surface area contributed by atoms with E-state index in [0.29, 0.717) is 24.8 Å². The van der Waals surface area contributed by atoms with Crippen molar-refractivity contribution in [3.05, 3.63) is 23.9 Å². The van der Waals surface area contributed by atoms with Gasteiger partial charge in [0.25, 0.3) is 0 Å². The summed E-state index contributed by atoms with van der Waals surface area (Å²) in [6, 6.07) is 5.53. The molecule has 0 bridgehead atoms. The van der Waals surface area contributed by atoms with E-state index in [4.69, 9.17) is 4.74 Å². The zero-order chi connectivity index (χ0) is 16.6. The Kier molecular flexibility index (Phi) is 7.10. The highest BCUT2D eigenvalue weighted by molar-refractivity contribution is 7.90. The molecule has 2 N–H and O–H groups in total. The van der Waals surface area contributed by atoms with E-state index in [1.165, 1.54) is 6.26 Å². The van der Waals surface area contributed by atoms with Crippen LogP contribution >= 0.6 is 0 Å². The zero-order valence-corrected chi connectivity index (χ0v) is 14.3. The first-order chi connectivity index (χ1) is 10.3. The molecule has 0 aliphatic rings. The highest BCUT2D eigenvalue weighted by Gasteiger charge is 2.09. The summed E-state index contributed by atoms with van der Waals surface area (Å²) in [5.74, 6) is 1.31. The Morgan fingerprint density at radius 2 is 2.18 bits per heavy atom. The molecular formula is C14H24N4O3S. The summed E-state index contributed by atoms with van der Waals surface area (Å²) in [7, 11) is 0.288. The van der Waals surface area contributed by atoms with Gasteiger partial charge in [-0.25, -0.2) is 13.4 Å². The minimum absolute atomic E-state index is 0.000747. The van der Waals surface area contributed by atoms with Crippen LogP contribution < -0.4 is 15.4 Å². The van der Waals surface area contributed by atoms with Gasteiger partial charge in [0.1, 0.15) is 9.84 Å². The van der Waals surface area contributed by atoms with Crippen molar-refractivity contribution >= 4 is 15.8 Å². The van der Waals surface area contributed by atoms with Crippen molar-refractivity contribution in [2.24, 2.45) is 4.99 Å². The van der Waals surface area contributed by atoms with E-state index < -0.39 is 9.84 Å². The second-order valence-electron chi connectivity index (χ2n) is 5.06. The Labute approximate surface area is 132 Å². The number of hydrogen-bond donors (Lipinski definition) is 2. The number of rotatable bonds is 7. The summed E-state index contributed by atoms with van der Waals surface area (Å²) in [4.78, 5) is 8.41. The number of aliphatic imine (C=N–C) groups is 1. The molecule has 0 saturated carbocycles. The molecule has 124 valence electrons. The quantitative estimate of drug-likeness (QED) is 0.562. The fourth-order valence-electron chi connectivity index (χ4n) is 1.74. The molecule has 0 radical (unpaired) electrons. The molecule has 0 fully saturated rings. The third kappa shape index (κ3) is 7.26. The van der Waals surface area contributed by atoms with Crippen molar-refractivity contribution in [1.82, 2.24) is 15.6 Å². The lowest BCUT2D eigenvalue weighted by molar-refractivity contribution is 0.396. The molecule has 1 heterocycles. The first kappa shape index (κ1) is 18.2. The molecule has 0 amide bonds. The SMILES string of the molecule is CN=C(NCc1cccc(OC)n1)NC(C)CCS(C)(=O)=O. The largest absolute Gasteiger partial charge is 0.481 e. The van der Waals surface area contributed by atoms with Gasteiger partial charge >= 0.3 is 0 Å². The highest BCUT2D eigenvalue weighted by Crippen LogP contribution is 2.06. The number of nitrogens with one attached hydrogen (secondary N) is 2. The predicted molar refractivity (Wildman–Crippen MR) is 87.9 cm³/mol. The average Bonchev–Trinajstić information content (AvgIpc) is 2.48. The Bertz CT molecular complexity index is 602. The van der Waals surface area contributed by atoms with Crippen molar-refractivity contribution < 1.29 is 13.2 Å². The van der Waals surface area contributed by atoms with Crippen molar-refractivity contribution in [2.75, 3.05) is 26.2 Å². The second kappa shape index (κ2) is 8.57. The van der Waals surface area contributed by atoms with Gasteiger partial charge in [-0.05, 0) is 19.4 Å². The van der Waals surface area contributed by atoms with Gasteiger partial charge in [0, 0.05) is 25.4 Å². The summed E-state index contributed by atoms with van der Waals surface area (Å²) in [6.45, 7) is 2.41. The normalized spacial score (nSPS) is 13.5. The number of guanidine groups is 1. The van der Waals surface area contributed by atoms with Gasteiger partial charge in [0.2, 0.25) is 5.88 Å². The highest BCUT2D eigenvalue weighted by atomic mass is 32.2. The Morgan fingerprint density at radius 3 is 2.77 bits per heavy atom. The fraction of sp³-hybridized carbons (Fsp3) is 0.571. The molecule has 1 aromatic heterocycles. The maximum atomic E-state index is 11.2. The maximum absolute atomic E-state index is 11.2. The summed E-state index contributed by atoms with van der Waals surface area (Å²) < 4.78 is 27.4. The Balaban J connectivity index is 2.48. The molecule has 0 aromatic carbocycles. The molecule has 0 saturated heterocycles. The van der Waals surface area contributed by atoms with E-state index >= 15 is 0 Å². The smallest absolute Gasteiger partial charge is 0.213 e. The maximum Gasteiger partial charge on any atom is 0.213 e. The van der Waals surface area contributed by atoms with Crippen LogP contribution in [0, 0.1) is 0 Å². The van der Waals surface area contributed by atoms with Crippen LogP contribution in [-0.2, 0) is 16.4 Å². The second-order valence-corrected chi connectivity index (χ2v) is 7.32. The van der Waals surface area contributed by atoms with Gasteiger partial charge < -0.3 is 15.4 Å². The van der Waals surface area contributed by atoms with E-state index in [0.717, 1.165) is 5.69 Å². The van der Waals surface area contributed by atoms with E-state index in [2.05, 4.69) is 20.6 Å². The fourth-order valence-corrected chi connectivity index (χ4v) is 2.52. The van der Waals surface area contributed by atoms with Crippen LogP contribution in [0.1, 0.15) is 19.0 Å². The Hall–Kier alpha value is -1.83. The van der Waals surface area contributed by atoms with Crippen LogP contribution in [0.3, 0.4) is 0 Å². The predicted octanol–water partition coefficient (Wildman–Crippen LogP) is 0.578. The monoisotopic (exact) mass is 328 g/mol. The number of sulfone groups is 1. The van der Waals surface area contributed by atoms with Crippen LogP contribution in [0.25, 0.3) is 0 Å². The van der Waals surface area contributed by atoms with Crippen molar-refractivity contribution in [1.29, 1.82) is 0 Å². The van der Waals surface area contributed by atoms with E-state index in [-0.39, 0.29) is 11.8 Å². The number of methoxy groups -OCH3 is 1. The standard InChI is InChI=1S/C14H24N4O3S/c1-11(8-9-22(4,19)20)17-14(15-2)16-10-12-6-5-7-13(18-12)21-3/h5-7,11H,8-10H2,1-4H3,(H2,15,16,17). The summed E-state index contributed by atoms with van der Waals surface area (Å²) in [5, 5.41) is 6.29. The summed E-state index contributed by atoms with van der Waals surface area (Å²) in [5.41, 5.74) is 0.825. The van der Waals surface area contributed by atoms with Crippen molar-refractivity contribution in [3.63, 3.8) is 0 Å². The third-order valence-electron chi connectivity index (χ3n) is 2.96. The first-order valence-corrected chi connectivity index (χ1v) is 9.05. The van der Waals surface area contributed by atoms with Crippen LogP contribution in [-0.4, -0.2) is 51.6 Å². The first-order valence-electron chi connectivity index (χ1n) is 6.99. The molecule has 0 spiro atoms. The lowest BCUT2D eigenvalue weighted by Crippen LogP contribution is -2.42. The minimum Gasteiger partial charge on any atom is -0.481 e. The molecule has 0 aliphatic heterocycles. The van der Waals surface area contributed by atoms with Gasteiger partial charge in [-0.3, -0.25) is 4.99 Å². The summed E-state index contributed by atoms with van der Waals surface area (Å²) in [6.07, 6.45) is 1.76. The van der Waals surface area contributed by atoms with Crippen LogP contribution in [0.15, 0.2) is 23.2 Å². The van der Waals surface area contributed by atoms with Gasteiger partial charge in [0.05, 0.1) is 25.1 Å². The molecule has 1 aromatic rings. The third-order valence-corrected chi connectivity index (χ3v) is 3.93. The van der Waals surface area contributed by atoms with Crippen LogP contribution in [0.2, 0.25) is 0 Å². The van der Waals surface area contributed by atoms with Crippen LogP contribution in [0.4, 0.5) is 0 Å². The molecule has 1 rings (SSSR count). The van der Waals surface area contributed by atoms with Gasteiger partial charge in [-0.2, -0.15) is 0 Å². The minimum atomic E-state index is -2.95. The number of aromatic nitrogens is 1. The van der Waals surface area contributed by atoms with Gasteiger partial charge in [-0.15, -0.1) is 0 Å². The number of nitrogens with zero attached hydrogens (tertiary/aromatic N) is 2. The molecule has 1 atom stereocenters. The number of pyridine rings is 1. The number of hydrogen-bond acceptors (Lipinski definition) is 5. The molecule has 8 heteroatoms. The van der Waals surface area contributed by atoms with Crippen molar-refractivity contribution in [3.8, 4) is 5.88 Å². The molecule has 1 unspecified atom stereocenters. The van der Waals surface area contributed by atoms with Crippen molar-refractivity contribution in [2.45, 2.75) is 25.9 Å². The van der Waals surface area contributed by atoms with Gasteiger partial charge in [-0.1, -0.05) is 6.07 Å². The number of ether oxygens (including phenoxy) is 1. The van der Waals surface area contributed by atoms with E-state index in [9.17, 15) is 8.42 Å². The molecular weight excluding hydrogens is 304 g/mol. The molecule has 0 aliphatic carbocycles. The Morgan fingerprint density at radius 1 is 1.45 bits per heavy atom. The lowest BCUT2D eigenvalue weighted by atomic mass is 10.3. The average molecular weight is 328 g/mol. The lowest BCUT2D eigenvalue weighted by Gasteiger charge is -2.17. The zero-order valence-electron chi connectivity index (χ0n) is 13.5. The topological polar surface area (TPSA) is 92.7 Å². The van der Waals surface area contributed by atoms with Gasteiger partial charge in [0.15, 0.2) is 5.96 Å². The van der Waals surface area contributed by atoms with E-state index in [1.807, 2.05) is 19.1 Å². The summed E-state index contributed by atoms with van der Waals surface area (Å²) >= 11 is 0. The van der Waals surface area contributed by atoms with Crippen LogP contribution in [0.5, 0.6) is 5.88 Å². The molecule has 22 heavy (non-hydrogen) atoms. The van der Waals surface area contributed by atoms with E-state index in [1.54, 1.807) is 20.2 Å². The molecule has 7 nitrogen and oxygen atoms in total.